The molecular weight excluding hydrogens is 462 g/mol. The molecule has 0 atom stereocenters. The zero-order valence-corrected chi connectivity index (χ0v) is 22.3. The summed E-state index contributed by atoms with van der Waals surface area (Å²) in [5.41, 5.74) is 4.49. The Hall–Kier alpha value is -2.45. The third-order valence-electron chi connectivity index (χ3n) is 5.76. The maximum Gasteiger partial charge on any atom is 0.236 e. The standard InChI is InChI=1S/C26H35N5OS2/c1-6-8-9-10-11-12-22-29-30-26(31(22)15-7-2)33-17-23(32)27-25-28-24(20(5)34-25)21-14-13-18(3)19(4)16-21/h7,13-14,16H,2,6,8-12,15,17H2,1,3-5H3,(H,27,28,32). The van der Waals surface area contributed by atoms with Crippen LogP contribution in [0.15, 0.2) is 36.0 Å². The predicted octanol–water partition coefficient (Wildman–Crippen LogP) is 6.76. The lowest BCUT2D eigenvalue weighted by molar-refractivity contribution is -0.113. The van der Waals surface area contributed by atoms with E-state index in [4.69, 9.17) is 0 Å². The molecule has 34 heavy (non-hydrogen) atoms. The molecule has 0 fully saturated rings. The number of amides is 1. The van der Waals surface area contributed by atoms with Crippen molar-refractivity contribution in [3.05, 3.63) is 52.7 Å². The zero-order chi connectivity index (χ0) is 24.5. The fourth-order valence-corrected chi connectivity index (χ4v) is 5.32. The Bertz CT molecular complexity index is 1120. The van der Waals surface area contributed by atoms with E-state index in [0.717, 1.165) is 40.0 Å². The molecule has 0 saturated heterocycles. The van der Waals surface area contributed by atoms with Crippen LogP contribution < -0.4 is 5.32 Å². The number of unbranched alkanes of at least 4 members (excludes halogenated alkanes) is 4. The van der Waals surface area contributed by atoms with Crippen LogP contribution in [0.2, 0.25) is 0 Å². The second-order valence-corrected chi connectivity index (χ2v) is 10.7. The van der Waals surface area contributed by atoms with Crippen molar-refractivity contribution in [2.24, 2.45) is 0 Å². The summed E-state index contributed by atoms with van der Waals surface area (Å²) in [6, 6.07) is 6.34. The summed E-state index contributed by atoms with van der Waals surface area (Å²) in [6.07, 6.45) is 8.83. The minimum atomic E-state index is -0.0975. The van der Waals surface area contributed by atoms with Crippen molar-refractivity contribution >= 4 is 34.1 Å². The number of hydrogen-bond acceptors (Lipinski definition) is 6. The molecule has 2 heterocycles. The lowest BCUT2D eigenvalue weighted by Crippen LogP contribution is -2.14. The highest BCUT2D eigenvalue weighted by atomic mass is 32.2. The van der Waals surface area contributed by atoms with E-state index in [0.29, 0.717) is 11.7 Å². The lowest BCUT2D eigenvalue weighted by atomic mass is 10.0. The fraction of sp³-hybridized carbons (Fsp3) is 0.462. The molecule has 3 rings (SSSR count). The van der Waals surface area contributed by atoms with E-state index >= 15 is 0 Å². The van der Waals surface area contributed by atoms with E-state index in [1.807, 2.05) is 13.0 Å². The fourth-order valence-electron chi connectivity index (χ4n) is 3.70. The largest absolute Gasteiger partial charge is 0.302 e. The third kappa shape index (κ3) is 7.03. The summed E-state index contributed by atoms with van der Waals surface area (Å²) in [4.78, 5) is 18.4. The highest BCUT2D eigenvalue weighted by molar-refractivity contribution is 7.99. The first-order chi connectivity index (χ1) is 16.4. The molecule has 0 unspecified atom stereocenters. The molecule has 0 aliphatic rings. The van der Waals surface area contributed by atoms with Crippen LogP contribution in [0.4, 0.5) is 5.13 Å². The molecule has 0 aliphatic heterocycles. The van der Waals surface area contributed by atoms with Crippen LogP contribution in [0.3, 0.4) is 0 Å². The summed E-state index contributed by atoms with van der Waals surface area (Å²) in [5.74, 6) is 1.12. The van der Waals surface area contributed by atoms with E-state index in [1.54, 1.807) is 0 Å². The average molecular weight is 498 g/mol. The van der Waals surface area contributed by atoms with Gasteiger partial charge in [-0.3, -0.25) is 4.79 Å². The number of benzene rings is 1. The number of thiazole rings is 1. The van der Waals surface area contributed by atoms with Gasteiger partial charge in [-0.1, -0.05) is 62.6 Å². The molecule has 2 aromatic heterocycles. The van der Waals surface area contributed by atoms with E-state index in [-0.39, 0.29) is 11.7 Å². The number of carbonyl (C=O) groups is 1. The topological polar surface area (TPSA) is 72.7 Å². The quantitative estimate of drug-likeness (QED) is 0.160. The van der Waals surface area contributed by atoms with Crippen LogP contribution in [0, 0.1) is 20.8 Å². The number of hydrogen-bond donors (Lipinski definition) is 1. The van der Waals surface area contributed by atoms with Gasteiger partial charge in [0.1, 0.15) is 5.82 Å². The van der Waals surface area contributed by atoms with Crippen molar-refractivity contribution in [2.75, 3.05) is 11.1 Å². The van der Waals surface area contributed by atoms with Crippen molar-refractivity contribution in [1.29, 1.82) is 0 Å². The second kappa shape index (κ2) is 12.9. The third-order valence-corrected chi connectivity index (χ3v) is 7.62. The molecule has 1 N–H and O–H groups in total. The van der Waals surface area contributed by atoms with Crippen LogP contribution >= 0.6 is 23.1 Å². The molecule has 182 valence electrons. The van der Waals surface area contributed by atoms with E-state index in [2.05, 4.69) is 70.6 Å². The normalized spacial score (nSPS) is 11.1. The van der Waals surface area contributed by atoms with Gasteiger partial charge in [0.2, 0.25) is 5.91 Å². The van der Waals surface area contributed by atoms with Gasteiger partial charge in [-0.2, -0.15) is 0 Å². The Morgan fingerprint density at radius 3 is 2.68 bits per heavy atom. The van der Waals surface area contributed by atoms with Gasteiger partial charge in [0, 0.05) is 23.4 Å². The highest BCUT2D eigenvalue weighted by Gasteiger charge is 2.16. The summed E-state index contributed by atoms with van der Waals surface area (Å²) in [6.45, 7) is 13.0. The van der Waals surface area contributed by atoms with Gasteiger partial charge < -0.3 is 9.88 Å². The lowest BCUT2D eigenvalue weighted by Gasteiger charge is -2.07. The monoisotopic (exact) mass is 497 g/mol. The maximum atomic E-state index is 12.6. The van der Waals surface area contributed by atoms with E-state index < -0.39 is 0 Å². The number of rotatable bonds is 13. The molecule has 0 radical (unpaired) electrons. The Balaban J connectivity index is 1.58. The number of nitrogens with zero attached hydrogens (tertiary/aromatic N) is 4. The second-order valence-electron chi connectivity index (χ2n) is 8.52. The van der Waals surface area contributed by atoms with Crippen LogP contribution in [0.1, 0.15) is 60.9 Å². The first-order valence-electron chi connectivity index (χ1n) is 11.9. The number of thioether (sulfide) groups is 1. The van der Waals surface area contributed by atoms with Gasteiger partial charge in [0.25, 0.3) is 0 Å². The summed E-state index contributed by atoms with van der Waals surface area (Å²) in [5, 5.41) is 13.0. The van der Waals surface area contributed by atoms with Gasteiger partial charge in [0.15, 0.2) is 10.3 Å². The highest BCUT2D eigenvalue weighted by Crippen LogP contribution is 2.31. The number of anilines is 1. The van der Waals surface area contributed by atoms with Gasteiger partial charge in [-0.15, -0.1) is 28.1 Å². The van der Waals surface area contributed by atoms with Crippen LogP contribution in [0.25, 0.3) is 11.3 Å². The number of aromatic nitrogens is 4. The summed E-state index contributed by atoms with van der Waals surface area (Å²) in [7, 11) is 0. The number of allylic oxidation sites excluding steroid dienone is 1. The average Bonchev–Trinajstić information content (AvgIpc) is 3.37. The summed E-state index contributed by atoms with van der Waals surface area (Å²) >= 11 is 2.90. The molecule has 3 aromatic rings. The van der Waals surface area contributed by atoms with E-state index in [9.17, 15) is 4.79 Å². The van der Waals surface area contributed by atoms with Gasteiger partial charge in [-0.25, -0.2) is 4.98 Å². The molecule has 6 nitrogen and oxygen atoms in total. The zero-order valence-electron chi connectivity index (χ0n) is 20.7. The van der Waals surface area contributed by atoms with Gasteiger partial charge in [-0.05, 0) is 44.4 Å². The Morgan fingerprint density at radius 1 is 1.15 bits per heavy atom. The van der Waals surface area contributed by atoms with Crippen LogP contribution in [-0.2, 0) is 17.8 Å². The molecule has 1 amide bonds. The van der Waals surface area contributed by atoms with Crippen molar-refractivity contribution in [3.63, 3.8) is 0 Å². The number of aryl methyl sites for hydroxylation is 4. The predicted molar refractivity (Wildman–Crippen MR) is 144 cm³/mol. The molecule has 8 heteroatoms. The minimum absolute atomic E-state index is 0.0975. The molecule has 0 saturated carbocycles. The Labute approximate surface area is 211 Å². The first-order valence-corrected chi connectivity index (χ1v) is 13.7. The van der Waals surface area contributed by atoms with Crippen LogP contribution in [-0.4, -0.2) is 31.4 Å². The number of carbonyl (C=O) groups excluding carboxylic acids is 1. The van der Waals surface area contributed by atoms with Crippen molar-refractivity contribution in [1.82, 2.24) is 19.7 Å². The van der Waals surface area contributed by atoms with Crippen molar-refractivity contribution in [3.8, 4) is 11.3 Å². The summed E-state index contributed by atoms with van der Waals surface area (Å²) < 4.78 is 2.07. The molecular formula is C26H35N5OS2. The molecule has 1 aromatic carbocycles. The SMILES string of the molecule is C=CCn1c(CCCCCCC)nnc1SCC(=O)Nc1nc(-c2ccc(C)c(C)c2)c(C)s1. The molecule has 0 aliphatic carbocycles. The minimum Gasteiger partial charge on any atom is -0.302 e. The molecule has 0 bridgehead atoms. The molecule has 0 spiro atoms. The van der Waals surface area contributed by atoms with E-state index in [1.165, 1.54) is 59.9 Å². The first kappa shape index (κ1) is 26.2. The maximum absolute atomic E-state index is 12.6. The Morgan fingerprint density at radius 2 is 1.94 bits per heavy atom. The van der Waals surface area contributed by atoms with Gasteiger partial charge in [0.05, 0.1) is 11.4 Å². The number of nitrogens with one attached hydrogen (secondary N) is 1. The smallest absolute Gasteiger partial charge is 0.236 e. The van der Waals surface area contributed by atoms with Crippen molar-refractivity contribution in [2.45, 2.75) is 77.9 Å². The van der Waals surface area contributed by atoms with Gasteiger partial charge >= 0.3 is 0 Å². The van der Waals surface area contributed by atoms with Crippen LogP contribution in [0.5, 0.6) is 0 Å². The van der Waals surface area contributed by atoms with Crippen molar-refractivity contribution < 1.29 is 4.79 Å². The Kier molecular flexibility index (Phi) is 9.89.